The Morgan fingerprint density at radius 3 is 2.74 bits per heavy atom. The van der Waals surface area contributed by atoms with Crippen molar-refractivity contribution in [3.05, 3.63) is 79.3 Å². The molecule has 0 radical (unpaired) electrons. The van der Waals surface area contributed by atoms with Gasteiger partial charge in [-0.05, 0) is 48.7 Å². The van der Waals surface area contributed by atoms with E-state index in [4.69, 9.17) is 28.2 Å². The molecule has 0 aliphatic rings. The zero-order valence-corrected chi connectivity index (χ0v) is 19.1. The Balaban J connectivity index is 1.82. The van der Waals surface area contributed by atoms with Crippen LogP contribution in [-0.4, -0.2) is 24.1 Å². The number of benzene rings is 1. The van der Waals surface area contributed by atoms with Crippen LogP contribution in [0.2, 0.25) is 10.0 Å². The number of hydrogen-bond acceptors (Lipinski definition) is 5. The van der Waals surface area contributed by atoms with Gasteiger partial charge in [0.25, 0.3) is 0 Å². The quantitative estimate of drug-likeness (QED) is 0.353. The molecule has 4 aromatic heterocycles. The van der Waals surface area contributed by atoms with Crippen molar-refractivity contribution >= 4 is 50.4 Å². The third-order valence-corrected chi connectivity index (χ3v) is 7.05. The molecule has 5 rings (SSSR count). The monoisotopic (exact) mass is 469 g/mol. The second-order valence-corrected chi connectivity index (χ2v) is 9.23. The van der Waals surface area contributed by atoms with Crippen LogP contribution in [0.4, 0.5) is 0 Å². The average Bonchev–Trinajstić information content (AvgIpc) is 3.34. The van der Waals surface area contributed by atoms with Gasteiger partial charge in [-0.1, -0.05) is 36.2 Å². The second-order valence-electron chi connectivity index (χ2n) is 7.19. The molecule has 0 spiro atoms. The first-order valence-corrected chi connectivity index (χ1v) is 11.3. The van der Waals surface area contributed by atoms with E-state index in [1.165, 1.54) is 10.1 Å². The molecule has 1 aromatic carbocycles. The first kappa shape index (κ1) is 20.2. The van der Waals surface area contributed by atoms with Crippen LogP contribution in [0.15, 0.2) is 47.5 Å². The zero-order chi connectivity index (χ0) is 21.7. The van der Waals surface area contributed by atoms with Gasteiger partial charge in [0.1, 0.15) is 4.83 Å². The summed E-state index contributed by atoms with van der Waals surface area (Å²) in [6, 6.07) is 9.01. The summed E-state index contributed by atoms with van der Waals surface area (Å²) in [5, 5.41) is 6.57. The van der Waals surface area contributed by atoms with Crippen molar-refractivity contribution in [2.75, 3.05) is 0 Å². The molecule has 0 saturated heterocycles. The summed E-state index contributed by atoms with van der Waals surface area (Å²) < 4.78 is 3.11. The maximum Gasteiger partial charge on any atom is 0.352 e. The Bertz CT molecular complexity index is 1500. The number of rotatable bonds is 4. The van der Waals surface area contributed by atoms with Crippen molar-refractivity contribution < 1.29 is 0 Å². The number of nitrogens with zero attached hydrogens (tertiary/aromatic N) is 5. The Morgan fingerprint density at radius 2 is 2.03 bits per heavy atom. The lowest BCUT2D eigenvalue weighted by Gasteiger charge is -2.10. The fraction of sp³-hybridized carbons (Fsp3) is 0.182. The number of fused-ring (bicyclic) bond motifs is 3. The van der Waals surface area contributed by atoms with E-state index in [2.05, 4.69) is 23.9 Å². The molecule has 5 aromatic rings. The molecule has 4 heterocycles. The highest BCUT2D eigenvalue weighted by Gasteiger charge is 2.22. The van der Waals surface area contributed by atoms with Crippen LogP contribution in [0.25, 0.3) is 27.3 Å². The summed E-state index contributed by atoms with van der Waals surface area (Å²) in [6.07, 6.45) is 4.21. The van der Waals surface area contributed by atoms with Crippen LogP contribution in [0.5, 0.6) is 0 Å². The Morgan fingerprint density at radius 1 is 1.19 bits per heavy atom. The zero-order valence-electron chi connectivity index (χ0n) is 16.8. The van der Waals surface area contributed by atoms with Crippen molar-refractivity contribution in [1.82, 2.24) is 24.1 Å². The molecule has 0 aliphatic carbocycles. The predicted octanol–water partition coefficient (Wildman–Crippen LogP) is 5.39. The summed E-state index contributed by atoms with van der Waals surface area (Å²) in [5.41, 5.74) is 3.05. The highest BCUT2D eigenvalue weighted by Crippen LogP contribution is 2.34. The lowest BCUT2D eigenvalue weighted by atomic mass is 10.1. The van der Waals surface area contributed by atoms with Gasteiger partial charge in [-0.15, -0.1) is 16.4 Å². The van der Waals surface area contributed by atoms with Gasteiger partial charge in [0, 0.05) is 32.9 Å². The summed E-state index contributed by atoms with van der Waals surface area (Å²) in [5.74, 6) is 0.472. The number of pyridine rings is 1. The minimum Gasteiger partial charge on any atom is -0.278 e. The minimum absolute atomic E-state index is 0.264. The van der Waals surface area contributed by atoms with E-state index in [9.17, 15) is 4.79 Å². The number of aryl methyl sites for hydroxylation is 2. The highest BCUT2D eigenvalue weighted by atomic mass is 35.5. The Kier molecular flexibility index (Phi) is 5.04. The molecule has 6 nitrogen and oxygen atoms in total. The van der Waals surface area contributed by atoms with Gasteiger partial charge in [-0.25, -0.2) is 9.78 Å². The van der Waals surface area contributed by atoms with Gasteiger partial charge in [-0.3, -0.25) is 9.55 Å². The van der Waals surface area contributed by atoms with E-state index in [0.29, 0.717) is 28.1 Å². The Hall–Kier alpha value is -2.74. The van der Waals surface area contributed by atoms with Crippen LogP contribution in [0.3, 0.4) is 0 Å². The summed E-state index contributed by atoms with van der Waals surface area (Å²) in [6.45, 7) is 4.49. The molecular weight excluding hydrogens is 453 g/mol. The third-order valence-electron chi connectivity index (χ3n) is 5.30. The normalized spacial score (nSPS) is 11.6. The number of aromatic nitrogens is 5. The van der Waals surface area contributed by atoms with E-state index in [1.807, 2.05) is 18.2 Å². The molecular formula is C22H17Cl2N5OS. The summed E-state index contributed by atoms with van der Waals surface area (Å²) in [7, 11) is 0. The van der Waals surface area contributed by atoms with E-state index in [-0.39, 0.29) is 5.69 Å². The molecule has 31 heavy (non-hydrogen) atoms. The minimum atomic E-state index is -0.264. The maximum absolute atomic E-state index is 13.5. The van der Waals surface area contributed by atoms with Crippen LogP contribution >= 0.6 is 34.5 Å². The standard InChI is InChI=1S/C22H17Cl2N5OS/c1-3-16-12(2)31-21-18(16)20-26-19(13-5-4-8-25-10-13)27-29(20)22(30)28(21)11-14-6-7-15(23)9-17(14)24/h4-10H,3,11H2,1-2H3. The first-order valence-electron chi connectivity index (χ1n) is 9.73. The van der Waals surface area contributed by atoms with E-state index in [0.717, 1.165) is 32.6 Å². The largest absolute Gasteiger partial charge is 0.352 e. The number of thiophene rings is 1. The fourth-order valence-corrected chi connectivity index (χ4v) is 5.49. The summed E-state index contributed by atoms with van der Waals surface area (Å²) in [4.78, 5) is 24.4. The fourth-order valence-electron chi connectivity index (χ4n) is 3.79. The number of halogens is 2. The third kappa shape index (κ3) is 3.33. The lowest BCUT2D eigenvalue weighted by Crippen LogP contribution is -2.28. The van der Waals surface area contributed by atoms with Crippen LogP contribution in [0.1, 0.15) is 22.9 Å². The van der Waals surface area contributed by atoms with Gasteiger partial charge in [0.2, 0.25) is 0 Å². The SMILES string of the molecule is CCc1c(C)sc2c1c1nc(-c3cccnc3)nn1c(=O)n2Cc1ccc(Cl)cc1Cl. The topological polar surface area (TPSA) is 65.1 Å². The molecule has 0 fully saturated rings. The predicted molar refractivity (Wildman–Crippen MR) is 126 cm³/mol. The van der Waals surface area contributed by atoms with Crippen LogP contribution in [-0.2, 0) is 13.0 Å². The van der Waals surface area contributed by atoms with Crippen molar-refractivity contribution in [3.8, 4) is 11.4 Å². The molecule has 0 unspecified atom stereocenters. The highest BCUT2D eigenvalue weighted by molar-refractivity contribution is 7.19. The molecule has 0 atom stereocenters. The van der Waals surface area contributed by atoms with E-state index in [1.54, 1.807) is 40.4 Å². The van der Waals surface area contributed by atoms with Gasteiger partial charge in [0.05, 0.1) is 11.9 Å². The van der Waals surface area contributed by atoms with E-state index < -0.39 is 0 Å². The maximum atomic E-state index is 13.5. The molecule has 0 aliphatic heterocycles. The smallest absolute Gasteiger partial charge is 0.278 e. The van der Waals surface area contributed by atoms with Gasteiger partial charge < -0.3 is 0 Å². The van der Waals surface area contributed by atoms with Crippen LogP contribution < -0.4 is 5.69 Å². The molecule has 156 valence electrons. The molecule has 0 N–H and O–H groups in total. The molecule has 0 amide bonds. The number of hydrogen-bond donors (Lipinski definition) is 0. The van der Waals surface area contributed by atoms with Crippen molar-refractivity contribution in [1.29, 1.82) is 0 Å². The summed E-state index contributed by atoms with van der Waals surface area (Å²) >= 11 is 14.1. The molecule has 0 saturated carbocycles. The van der Waals surface area contributed by atoms with Gasteiger partial charge in [-0.2, -0.15) is 4.52 Å². The van der Waals surface area contributed by atoms with Crippen molar-refractivity contribution in [3.63, 3.8) is 0 Å². The second kappa shape index (κ2) is 7.75. The Labute approximate surface area is 191 Å². The first-order chi connectivity index (χ1) is 15.0. The van der Waals surface area contributed by atoms with Gasteiger partial charge >= 0.3 is 5.69 Å². The van der Waals surface area contributed by atoms with Crippen molar-refractivity contribution in [2.24, 2.45) is 0 Å². The molecule has 0 bridgehead atoms. The average molecular weight is 470 g/mol. The van der Waals surface area contributed by atoms with Crippen molar-refractivity contribution in [2.45, 2.75) is 26.8 Å². The molecule has 9 heteroatoms. The lowest BCUT2D eigenvalue weighted by molar-refractivity contribution is 0.720. The van der Waals surface area contributed by atoms with E-state index >= 15 is 0 Å². The van der Waals surface area contributed by atoms with Gasteiger partial charge in [0.15, 0.2) is 11.5 Å². The van der Waals surface area contributed by atoms with Crippen LogP contribution in [0, 0.1) is 6.92 Å².